The summed E-state index contributed by atoms with van der Waals surface area (Å²) in [4.78, 5) is 10.6. The Labute approximate surface area is 120 Å². The van der Waals surface area contributed by atoms with Crippen molar-refractivity contribution in [2.45, 2.75) is 5.51 Å². The maximum absolute atomic E-state index is 12.0. The molecule has 0 atom stereocenters. The molecule has 0 aliphatic rings. The van der Waals surface area contributed by atoms with Crippen LogP contribution < -0.4 is 9.46 Å². The summed E-state index contributed by atoms with van der Waals surface area (Å²) in [5.41, 5.74) is -5.71. The maximum atomic E-state index is 12.0. The minimum atomic E-state index is -5.45. The number of sulfonamides is 1. The highest BCUT2D eigenvalue weighted by atomic mass is 32.2. The molecule has 0 saturated heterocycles. The maximum Gasteiger partial charge on any atom is 0.511 e. The zero-order valence-corrected chi connectivity index (χ0v) is 11.6. The van der Waals surface area contributed by atoms with E-state index < -0.39 is 34.7 Å². The van der Waals surface area contributed by atoms with Crippen LogP contribution in [0.25, 0.3) is 0 Å². The lowest BCUT2D eigenvalue weighted by atomic mass is 10.3. The van der Waals surface area contributed by atoms with Crippen LogP contribution in [0.2, 0.25) is 0 Å². The van der Waals surface area contributed by atoms with E-state index in [0.717, 1.165) is 6.07 Å². The van der Waals surface area contributed by atoms with Crippen LogP contribution in [0.1, 0.15) is 15.2 Å². The summed E-state index contributed by atoms with van der Waals surface area (Å²) >= 11 is 0.688. The Balaban J connectivity index is 2.59. The fourth-order valence-electron chi connectivity index (χ4n) is 1.09. The molecule has 0 spiro atoms. The summed E-state index contributed by atoms with van der Waals surface area (Å²) in [6.45, 7) is -1.12. The molecule has 0 amide bonds. The van der Waals surface area contributed by atoms with Crippen molar-refractivity contribution in [3.8, 4) is 11.1 Å². The Bertz CT molecular complexity index is 675. The standard InChI is InChI=1S/C9H7F3N2O5S2/c10-9(11,12)21(17,18)14-1-2-19-7-3-5(8(15)16)6(4-13)20-7/h3,14H,1-2H2,(H,15,16). The first-order valence-electron chi connectivity index (χ1n) is 5.04. The van der Waals surface area contributed by atoms with Gasteiger partial charge in [-0.2, -0.15) is 18.4 Å². The van der Waals surface area contributed by atoms with Crippen LogP contribution in [0.15, 0.2) is 6.07 Å². The van der Waals surface area contributed by atoms with E-state index in [4.69, 9.17) is 15.1 Å². The average Bonchev–Trinajstić information content (AvgIpc) is 2.76. The molecule has 21 heavy (non-hydrogen) atoms. The van der Waals surface area contributed by atoms with Crippen molar-refractivity contribution in [1.29, 1.82) is 5.26 Å². The fourth-order valence-corrected chi connectivity index (χ4v) is 2.43. The zero-order valence-electron chi connectivity index (χ0n) is 9.97. The monoisotopic (exact) mass is 344 g/mol. The number of carboxylic acids is 1. The summed E-state index contributed by atoms with van der Waals surface area (Å²) in [5.74, 6) is -1.35. The normalized spacial score (nSPS) is 11.9. The highest BCUT2D eigenvalue weighted by Gasteiger charge is 2.45. The lowest BCUT2D eigenvalue weighted by Gasteiger charge is -2.09. The molecular formula is C9H7F3N2O5S2. The Morgan fingerprint density at radius 2 is 2.14 bits per heavy atom. The minimum Gasteiger partial charge on any atom is -0.483 e. The quantitative estimate of drug-likeness (QED) is 0.748. The first-order valence-corrected chi connectivity index (χ1v) is 7.34. The third kappa shape index (κ3) is 4.31. The number of hydrogen-bond acceptors (Lipinski definition) is 6. The average molecular weight is 344 g/mol. The van der Waals surface area contributed by atoms with E-state index in [1.807, 2.05) is 0 Å². The molecule has 0 radical (unpaired) electrons. The second kappa shape index (κ2) is 6.29. The first-order chi connectivity index (χ1) is 9.58. The predicted octanol–water partition coefficient (Wildman–Crippen LogP) is 1.14. The van der Waals surface area contributed by atoms with Gasteiger partial charge in [0, 0.05) is 12.6 Å². The molecule has 2 N–H and O–H groups in total. The molecule has 0 fully saturated rings. The van der Waals surface area contributed by atoms with E-state index in [0.29, 0.717) is 11.3 Å². The van der Waals surface area contributed by atoms with Gasteiger partial charge >= 0.3 is 21.5 Å². The van der Waals surface area contributed by atoms with Crippen molar-refractivity contribution in [3.05, 3.63) is 16.5 Å². The van der Waals surface area contributed by atoms with Crippen LogP contribution in [0, 0.1) is 11.3 Å². The van der Waals surface area contributed by atoms with Gasteiger partial charge in [0.1, 0.15) is 17.6 Å². The molecule has 1 heterocycles. The Hall–Kier alpha value is -1.84. The molecular weight excluding hydrogens is 337 g/mol. The van der Waals surface area contributed by atoms with Gasteiger partial charge in [0.05, 0.1) is 5.56 Å². The van der Waals surface area contributed by atoms with Gasteiger partial charge in [-0.3, -0.25) is 0 Å². The molecule has 1 aromatic rings. The highest BCUT2D eigenvalue weighted by Crippen LogP contribution is 2.28. The van der Waals surface area contributed by atoms with Crippen molar-refractivity contribution in [1.82, 2.24) is 4.72 Å². The topological polar surface area (TPSA) is 116 Å². The van der Waals surface area contributed by atoms with E-state index in [9.17, 15) is 26.4 Å². The number of carbonyl (C=O) groups is 1. The van der Waals surface area contributed by atoms with Gasteiger partial charge in [0.25, 0.3) is 0 Å². The number of aromatic carboxylic acids is 1. The van der Waals surface area contributed by atoms with E-state index in [2.05, 4.69) is 0 Å². The van der Waals surface area contributed by atoms with Gasteiger partial charge in [-0.15, -0.1) is 0 Å². The molecule has 0 aromatic carbocycles. The summed E-state index contributed by atoms with van der Waals surface area (Å²) in [7, 11) is -5.45. The van der Waals surface area contributed by atoms with Crippen LogP contribution in [-0.2, 0) is 10.0 Å². The number of nitriles is 1. The molecule has 0 aliphatic heterocycles. The van der Waals surface area contributed by atoms with Crippen molar-refractivity contribution in [2.24, 2.45) is 0 Å². The van der Waals surface area contributed by atoms with Crippen LogP contribution in [0.4, 0.5) is 13.2 Å². The van der Waals surface area contributed by atoms with Gasteiger partial charge in [-0.05, 0) is 0 Å². The van der Waals surface area contributed by atoms with Gasteiger partial charge < -0.3 is 9.84 Å². The SMILES string of the molecule is N#Cc1sc(OCCNS(=O)(=O)C(F)(F)F)cc1C(=O)O. The fraction of sp³-hybridized carbons (Fsp3) is 0.333. The molecule has 0 aliphatic carbocycles. The smallest absolute Gasteiger partial charge is 0.483 e. The third-order valence-corrected chi connectivity index (χ3v) is 4.13. The summed E-state index contributed by atoms with van der Waals surface area (Å²) < 4.78 is 63.4. The highest BCUT2D eigenvalue weighted by molar-refractivity contribution is 7.90. The summed E-state index contributed by atoms with van der Waals surface area (Å²) in [6, 6.07) is 2.66. The lowest BCUT2D eigenvalue weighted by molar-refractivity contribution is -0.0448. The summed E-state index contributed by atoms with van der Waals surface area (Å²) in [6.07, 6.45) is 0. The number of nitrogens with zero attached hydrogens (tertiary/aromatic N) is 1. The first kappa shape index (κ1) is 17.2. The number of hydrogen-bond donors (Lipinski definition) is 2. The van der Waals surface area contributed by atoms with Gasteiger partial charge in [-0.25, -0.2) is 17.9 Å². The van der Waals surface area contributed by atoms with Crippen LogP contribution >= 0.6 is 11.3 Å². The number of rotatable bonds is 6. The molecule has 116 valence electrons. The number of ether oxygens (including phenoxy) is 1. The molecule has 1 aromatic heterocycles. The third-order valence-electron chi connectivity index (χ3n) is 1.98. The van der Waals surface area contributed by atoms with E-state index in [-0.39, 0.29) is 15.5 Å². The van der Waals surface area contributed by atoms with E-state index >= 15 is 0 Å². The van der Waals surface area contributed by atoms with Crippen molar-refractivity contribution in [2.75, 3.05) is 13.2 Å². The van der Waals surface area contributed by atoms with E-state index in [1.165, 1.54) is 4.72 Å². The van der Waals surface area contributed by atoms with Gasteiger partial charge in [0.2, 0.25) is 0 Å². The number of alkyl halides is 3. The summed E-state index contributed by atoms with van der Waals surface area (Å²) in [5, 5.41) is 17.4. The minimum absolute atomic E-state index is 0.0184. The van der Waals surface area contributed by atoms with Gasteiger partial charge in [0.15, 0.2) is 5.06 Å². The molecule has 0 bridgehead atoms. The van der Waals surface area contributed by atoms with Crippen LogP contribution in [0.3, 0.4) is 0 Å². The molecule has 0 unspecified atom stereocenters. The molecule has 12 heteroatoms. The van der Waals surface area contributed by atoms with E-state index in [1.54, 1.807) is 6.07 Å². The number of carboxylic acid groups (broad SMARTS) is 1. The lowest BCUT2D eigenvalue weighted by Crippen LogP contribution is -2.38. The van der Waals surface area contributed by atoms with Gasteiger partial charge in [-0.1, -0.05) is 11.3 Å². The Morgan fingerprint density at radius 3 is 2.57 bits per heavy atom. The Kier molecular flexibility index (Phi) is 5.15. The predicted molar refractivity (Wildman–Crippen MR) is 64.5 cm³/mol. The molecule has 7 nitrogen and oxygen atoms in total. The second-order valence-corrected chi connectivity index (χ2v) is 6.19. The zero-order chi connectivity index (χ0) is 16.3. The van der Waals surface area contributed by atoms with Crippen molar-refractivity contribution >= 4 is 27.3 Å². The number of halogens is 3. The number of nitrogens with one attached hydrogen (secondary N) is 1. The molecule has 0 saturated carbocycles. The number of thiophene rings is 1. The van der Waals surface area contributed by atoms with Crippen molar-refractivity contribution in [3.63, 3.8) is 0 Å². The second-order valence-electron chi connectivity index (χ2n) is 3.42. The van der Waals surface area contributed by atoms with Crippen LogP contribution in [-0.4, -0.2) is 38.2 Å². The van der Waals surface area contributed by atoms with Crippen molar-refractivity contribution < 1.29 is 36.2 Å². The molecule has 1 rings (SSSR count). The largest absolute Gasteiger partial charge is 0.511 e. The van der Waals surface area contributed by atoms with Crippen LogP contribution in [0.5, 0.6) is 5.06 Å². The Morgan fingerprint density at radius 1 is 1.52 bits per heavy atom.